The minimum absolute atomic E-state index is 0.148. The van der Waals surface area contributed by atoms with Crippen molar-refractivity contribution in [3.05, 3.63) is 34.2 Å². The topological polar surface area (TPSA) is 26.3 Å². The average Bonchev–Trinajstić information content (AvgIpc) is 2.68. The van der Waals surface area contributed by atoms with Gasteiger partial charge in [-0.25, -0.2) is 0 Å². The van der Waals surface area contributed by atoms with Crippen molar-refractivity contribution in [2.24, 2.45) is 0 Å². The number of carbonyl (C=O) groups excluding carboxylic acids is 1. The van der Waals surface area contributed by atoms with Gasteiger partial charge in [0.25, 0.3) is 0 Å². The highest BCUT2D eigenvalue weighted by atomic mass is 32.1. The summed E-state index contributed by atoms with van der Waals surface area (Å²) in [6.45, 7) is 6.51. The Bertz CT molecular complexity index is 555. The van der Waals surface area contributed by atoms with Gasteiger partial charge in [-0.1, -0.05) is 12.1 Å². The van der Waals surface area contributed by atoms with Gasteiger partial charge in [0.1, 0.15) is 0 Å². The number of ether oxygens (including phenoxy) is 1. The van der Waals surface area contributed by atoms with E-state index < -0.39 is 0 Å². The standard InChI is InChI=1S/C14H16O2S/c1-4-16-13(15)7-11-8-17-14-10(3)9(2)5-6-12(11)14/h5-6,8H,4,7H2,1-3H3. The number of carbonyl (C=O) groups is 1. The molecule has 0 bridgehead atoms. The zero-order valence-corrected chi connectivity index (χ0v) is 11.2. The molecule has 17 heavy (non-hydrogen) atoms. The second-order valence-electron chi connectivity index (χ2n) is 4.13. The van der Waals surface area contributed by atoms with E-state index in [0.29, 0.717) is 13.0 Å². The molecule has 2 nitrogen and oxygen atoms in total. The van der Waals surface area contributed by atoms with Crippen molar-refractivity contribution in [2.75, 3.05) is 6.61 Å². The molecular weight excluding hydrogens is 232 g/mol. The average molecular weight is 248 g/mol. The third kappa shape index (κ3) is 2.34. The number of aryl methyl sites for hydroxylation is 2. The number of thiophene rings is 1. The van der Waals surface area contributed by atoms with Crippen LogP contribution in [0.2, 0.25) is 0 Å². The molecule has 0 aliphatic carbocycles. The van der Waals surface area contributed by atoms with E-state index in [2.05, 4.69) is 31.4 Å². The molecule has 1 aromatic carbocycles. The van der Waals surface area contributed by atoms with Gasteiger partial charge in [-0.3, -0.25) is 4.79 Å². The highest BCUT2D eigenvalue weighted by Gasteiger charge is 2.11. The smallest absolute Gasteiger partial charge is 0.310 e. The van der Waals surface area contributed by atoms with Crippen molar-refractivity contribution < 1.29 is 9.53 Å². The van der Waals surface area contributed by atoms with E-state index in [1.807, 2.05) is 6.92 Å². The molecule has 0 saturated carbocycles. The normalized spacial score (nSPS) is 10.8. The van der Waals surface area contributed by atoms with Gasteiger partial charge in [0.2, 0.25) is 0 Å². The van der Waals surface area contributed by atoms with Gasteiger partial charge in [0.15, 0.2) is 0 Å². The number of esters is 1. The molecule has 1 aromatic heterocycles. The third-order valence-electron chi connectivity index (χ3n) is 2.98. The Morgan fingerprint density at radius 1 is 1.35 bits per heavy atom. The first-order chi connectivity index (χ1) is 8.13. The van der Waals surface area contributed by atoms with Gasteiger partial charge < -0.3 is 4.74 Å². The van der Waals surface area contributed by atoms with Crippen LogP contribution in [0, 0.1) is 13.8 Å². The lowest BCUT2D eigenvalue weighted by molar-refractivity contribution is -0.142. The van der Waals surface area contributed by atoms with E-state index in [1.54, 1.807) is 11.3 Å². The van der Waals surface area contributed by atoms with Crippen molar-refractivity contribution in [1.29, 1.82) is 0 Å². The molecule has 1 heterocycles. The fourth-order valence-corrected chi connectivity index (χ4v) is 3.03. The highest BCUT2D eigenvalue weighted by molar-refractivity contribution is 7.17. The second-order valence-corrected chi connectivity index (χ2v) is 5.01. The summed E-state index contributed by atoms with van der Waals surface area (Å²) < 4.78 is 6.27. The minimum atomic E-state index is -0.148. The lowest BCUT2D eigenvalue weighted by Crippen LogP contribution is -2.06. The Morgan fingerprint density at radius 2 is 2.12 bits per heavy atom. The van der Waals surface area contributed by atoms with E-state index in [4.69, 9.17) is 4.74 Å². The van der Waals surface area contributed by atoms with Crippen LogP contribution in [0.15, 0.2) is 17.5 Å². The number of rotatable bonds is 3. The van der Waals surface area contributed by atoms with Gasteiger partial charge >= 0.3 is 5.97 Å². The van der Waals surface area contributed by atoms with Crippen molar-refractivity contribution in [3.63, 3.8) is 0 Å². The van der Waals surface area contributed by atoms with Crippen molar-refractivity contribution in [3.8, 4) is 0 Å². The van der Waals surface area contributed by atoms with Gasteiger partial charge in [-0.2, -0.15) is 0 Å². The van der Waals surface area contributed by atoms with Crippen LogP contribution in [0.5, 0.6) is 0 Å². The van der Waals surface area contributed by atoms with E-state index in [-0.39, 0.29) is 5.97 Å². The monoisotopic (exact) mass is 248 g/mol. The van der Waals surface area contributed by atoms with Crippen LogP contribution in [0.3, 0.4) is 0 Å². The summed E-state index contributed by atoms with van der Waals surface area (Å²) in [4.78, 5) is 11.5. The zero-order valence-electron chi connectivity index (χ0n) is 10.4. The quantitative estimate of drug-likeness (QED) is 0.775. The summed E-state index contributed by atoms with van der Waals surface area (Å²) >= 11 is 1.71. The summed E-state index contributed by atoms with van der Waals surface area (Å²) in [5.41, 5.74) is 3.68. The van der Waals surface area contributed by atoms with E-state index in [1.165, 1.54) is 21.2 Å². The summed E-state index contributed by atoms with van der Waals surface area (Å²) in [5.74, 6) is -0.148. The van der Waals surface area contributed by atoms with Crippen LogP contribution < -0.4 is 0 Å². The van der Waals surface area contributed by atoms with Crippen molar-refractivity contribution in [1.82, 2.24) is 0 Å². The number of hydrogen-bond donors (Lipinski definition) is 0. The predicted octanol–water partition coefficient (Wildman–Crippen LogP) is 3.62. The molecular formula is C14H16O2S. The summed E-state index contributed by atoms with van der Waals surface area (Å²) in [7, 11) is 0. The molecule has 0 N–H and O–H groups in total. The predicted molar refractivity (Wildman–Crippen MR) is 71.6 cm³/mol. The molecule has 2 rings (SSSR count). The number of fused-ring (bicyclic) bond motifs is 1. The first kappa shape index (κ1) is 12.1. The maximum absolute atomic E-state index is 11.5. The summed E-state index contributed by atoms with van der Waals surface area (Å²) in [5, 5.41) is 3.25. The molecule has 3 heteroatoms. The third-order valence-corrected chi connectivity index (χ3v) is 4.15. The van der Waals surface area contributed by atoms with Crippen LogP contribution in [0.1, 0.15) is 23.6 Å². The van der Waals surface area contributed by atoms with Gasteiger partial charge in [-0.15, -0.1) is 11.3 Å². The summed E-state index contributed by atoms with van der Waals surface area (Å²) in [6, 6.07) is 4.21. The fourth-order valence-electron chi connectivity index (χ4n) is 1.89. The van der Waals surface area contributed by atoms with Gasteiger partial charge in [0, 0.05) is 4.70 Å². The fraction of sp³-hybridized carbons (Fsp3) is 0.357. The molecule has 0 unspecified atom stereocenters. The zero-order chi connectivity index (χ0) is 12.4. The molecule has 0 aliphatic heterocycles. The lowest BCUT2D eigenvalue weighted by atomic mass is 10.0. The maximum Gasteiger partial charge on any atom is 0.310 e. The largest absolute Gasteiger partial charge is 0.466 e. The molecule has 0 fully saturated rings. The first-order valence-corrected chi connectivity index (χ1v) is 6.63. The van der Waals surface area contributed by atoms with Gasteiger partial charge in [0.05, 0.1) is 13.0 Å². The second kappa shape index (κ2) is 4.88. The first-order valence-electron chi connectivity index (χ1n) is 5.75. The van der Waals surface area contributed by atoms with Crippen molar-refractivity contribution in [2.45, 2.75) is 27.2 Å². The van der Waals surface area contributed by atoms with Crippen LogP contribution in [0.4, 0.5) is 0 Å². The van der Waals surface area contributed by atoms with Crippen LogP contribution in [0.25, 0.3) is 10.1 Å². The Morgan fingerprint density at radius 3 is 2.82 bits per heavy atom. The van der Waals surface area contributed by atoms with Crippen molar-refractivity contribution >= 4 is 27.4 Å². The van der Waals surface area contributed by atoms with E-state index in [0.717, 1.165) is 5.56 Å². The molecule has 0 radical (unpaired) electrons. The molecule has 0 amide bonds. The van der Waals surface area contributed by atoms with E-state index in [9.17, 15) is 4.79 Å². The Balaban J connectivity index is 2.37. The van der Waals surface area contributed by atoms with E-state index >= 15 is 0 Å². The molecule has 0 atom stereocenters. The highest BCUT2D eigenvalue weighted by Crippen LogP contribution is 2.30. The Hall–Kier alpha value is -1.35. The molecule has 2 aromatic rings. The van der Waals surface area contributed by atoms with Crippen LogP contribution in [-0.2, 0) is 16.0 Å². The Labute approximate surface area is 105 Å². The van der Waals surface area contributed by atoms with Crippen LogP contribution >= 0.6 is 11.3 Å². The van der Waals surface area contributed by atoms with Gasteiger partial charge in [-0.05, 0) is 48.2 Å². The number of benzene rings is 1. The Kier molecular flexibility index (Phi) is 3.48. The maximum atomic E-state index is 11.5. The molecule has 0 spiro atoms. The van der Waals surface area contributed by atoms with Crippen LogP contribution in [-0.4, -0.2) is 12.6 Å². The lowest BCUT2D eigenvalue weighted by Gasteiger charge is -2.03. The molecule has 90 valence electrons. The minimum Gasteiger partial charge on any atom is -0.466 e. The number of hydrogen-bond acceptors (Lipinski definition) is 3. The SMILES string of the molecule is CCOC(=O)Cc1csc2c(C)c(C)ccc12. The summed E-state index contributed by atoms with van der Waals surface area (Å²) in [6.07, 6.45) is 0.371. The molecule has 0 aliphatic rings. The molecule has 0 saturated heterocycles.